The Balaban J connectivity index is 1.25. The van der Waals surface area contributed by atoms with Crippen LogP contribution in [0.25, 0.3) is 0 Å². The van der Waals surface area contributed by atoms with Crippen molar-refractivity contribution in [1.29, 1.82) is 0 Å². The summed E-state index contributed by atoms with van der Waals surface area (Å²) in [4.78, 5) is 13.2. The summed E-state index contributed by atoms with van der Waals surface area (Å²) in [6.07, 6.45) is 3.30. The second-order valence-corrected chi connectivity index (χ2v) is 13.5. The zero-order valence-corrected chi connectivity index (χ0v) is 23.0. The number of carbonyl (C=O) groups is 1. The van der Waals surface area contributed by atoms with E-state index in [2.05, 4.69) is 5.32 Å². The van der Waals surface area contributed by atoms with Crippen LogP contribution in [0.15, 0.2) is 52.3 Å². The zero-order chi connectivity index (χ0) is 26.6. The van der Waals surface area contributed by atoms with Crippen molar-refractivity contribution in [2.45, 2.75) is 48.8 Å². The molecule has 0 aliphatic carbocycles. The van der Waals surface area contributed by atoms with E-state index in [1.165, 1.54) is 8.61 Å². The van der Waals surface area contributed by atoms with Gasteiger partial charge in [-0.05, 0) is 80.5 Å². The first kappa shape index (κ1) is 27.6. The minimum atomic E-state index is -3.63. The quantitative estimate of drug-likeness (QED) is 0.514. The predicted octanol–water partition coefficient (Wildman–Crippen LogP) is 2.55. The average Bonchev–Trinajstić information content (AvgIpc) is 3.45. The second kappa shape index (κ2) is 11.5. The van der Waals surface area contributed by atoms with Gasteiger partial charge in [0.1, 0.15) is 5.75 Å². The first-order valence-electron chi connectivity index (χ1n) is 12.6. The number of hydrogen-bond acceptors (Lipinski definition) is 6. The Labute approximate surface area is 219 Å². The first-order valence-corrected chi connectivity index (χ1v) is 15.5. The smallest absolute Gasteiger partial charge is 0.243 e. The van der Waals surface area contributed by atoms with Crippen LogP contribution in [0.2, 0.25) is 0 Å². The number of methoxy groups -OCH3 is 1. The van der Waals surface area contributed by atoms with Crippen LogP contribution in [0.3, 0.4) is 0 Å². The highest BCUT2D eigenvalue weighted by molar-refractivity contribution is 7.89. The van der Waals surface area contributed by atoms with Crippen molar-refractivity contribution in [3.63, 3.8) is 0 Å². The fourth-order valence-corrected chi connectivity index (χ4v) is 7.97. The lowest BCUT2D eigenvalue weighted by Crippen LogP contribution is -2.43. The highest BCUT2D eigenvalue weighted by Gasteiger charge is 2.32. The molecule has 2 aromatic rings. The van der Waals surface area contributed by atoms with E-state index in [1.807, 2.05) is 0 Å². The third-order valence-corrected chi connectivity index (χ3v) is 11.0. The Morgan fingerprint density at radius 2 is 1.46 bits per heavy atom. The van der Waals surface area contributed by atoms with E-state index in [9.17, 15) is 21.6 Å². The normalized spacial score (nSPS) is 18.1. The van der Waals surface area contributed by atoms with Crippen LogP contribution < -0.4 is 10.1 Å². The van der Waals surface area contributed by atoms with E-state index < -0.39 is 20.0 Å². The highest BCUT2D eigenvalue weighted by Crippen LogP contribution is 2.27. The van der Waals surface area contributed by atoms with E-state index >= 15 is 0 Å². The summed E-state index contributed by atoms with van der Waals surface area (Å²) in [5.41, 5.74) is 1.69. The number of piperidine rings is 1. The fourth-order valence-electron chi connectivity index (χ4n) is 4.90. The van der Waals surface area contributed by atoms with Gasteiger partial charge in [-0.25, -0.2) is 16.8 Å². The molecule has 2 saturated heterocycles. The summed E-state index contributed by atoms with van der Waals surface area (Å²) in [5, 5.41) is 2.95. The average molecular weight is 550 g/mol. The third-order valence-electron chi connectivity index (χ3n) is 7.17. The van der Waals surface area contributed by atoms with Crippen molar-refractivity contribution in [3.05, 3.63) is 53.6 Å². The van der Waals surface area contributed by atoms with Crippen molar-refractivity contribution in [1.82, 2.24) is 13.9 Å². The molecular formula is C26H35N3O6S2. The minimum absolute atomic E-state index is 0.0782. The number of hydrogen-bond donors (Lipinski definition) is 1. The standard InChI is InChI=1S/C26H35N3O6S2/c1-20-19-24(9-10-25(20)35-2)37(33,34)29-17-12-22(13-18-29)26(30)27-14-11-21-5-7-23(8-6-21)36(31,32)28-15-3-4-16-28/h5-10,19,22H,3-4,11-18H2,1-2H3,(H,27,30). The summed E-state index contributed by atoms with van der Waals surface area (Å²) in [7, 11) is -5.52. The number of aryl methyl sites for hydroxylation is 1. The molecule has 2 aliphatic rings. The Kier molecular flexibility index (Phi) is 8.57. The lowest BCUT2D eigenvalue weighted by atomic mass is 9.97. The SMILES string of the molecule is COc1ccc(S(=O)(=O)N2CCC(C(=O)NCCc3ccc(S(=O)(=O)N4CCCC4)cc3)CC2)cc1C. The van der Waals surface area contributed by atoms with E-state index in [0.29, 0.717) is 62.6 Å². The second-order valence-electron chi connectivity index (χ2n) is 9.61. The molecule has 2 aromatic carbocycles. The maximum atomic E-state index is 13.0. The molecule has 0 aromatic heterocycles. The number of carbonyl (C=O) groups excluding carboxylic acids is 1. The monoisotopic (exact) mass is 549 g/mol. The molecule has 2 heterocycles. The summed E-state index contributed by atoms with van der Waals surface area (Å²) in [6, 6.07) is 11.7. The van der Waals surface area contributed by atoms with Crippen molar-refractivity contribution < 1.29 is 26.4 Å². The van der Waals surface area contributed by atoms with Crippen LogP contribution in [0.4, 0.5) is 0 Å². The van der Waals surface area contributed by atoms with E-state index in [4.69, 9.17) is 4.74 Å². The zero-order valence-electron chi connectivity index (χ0n) is 21.4. The van der Waals surface area contributed by atoms with Gasteiger partial charge >= 0.3 is 0 Å². The number of sulfonamides is 2. The van der Waals surface area contributed by atoms with E-state index in [-0.39, 0.29) is 16.7 Å². The molecule has 2 aliphatic heterocycles. The molecule has 2 fully saturated rings. The maximum Gasteiger partial charge on any atom is 0.243 e. The molecule has 11 heteroatoms. The largest absolute Gasteiger partial charge is 0.496 e. The number of nitrogens with zero attached hydrogens (tertiary/aromatic N) is 2. The number of nitrogens with one attached hydrogen (secondary N) is 1. The van der Waals surface area contributed by atoms with Gasteiger partial charge in [0.25, 0.3) is 0 Å². The lowest BCUT2D eigenvalue weighted by molar-refractivity contribution is -0.126. The third kappa shape index (κ3) is 6.17. The van der Waals surface area contributed by atoms with Crippen LogP contribution in [0.5, 0.6) is 5.75 Å². The van der Waals surface area contributed by atoms with Gasteiger partial charge in [-0.1, -0.05) is 12.1 Å². The van der Waals surface area contributed by atoms with Gasteiger partial charge in [0.15, 0.2) is 0 Å². The van der Waals surface area contributed by atoms with Gasteiger partial charge < -0.3 is 10.1 Å². The van der Waals surface area contributed by atoms with Gasteiger partial charge in [0.2, 0.25) is 26.0 Å². The Morgan fingerprint density at radius 3 is 2.05 bits per heavy atom. The van der Waals surface area contributed by atoms with Gasteiger partial charge in [-0.3, -0.25) is 4.79 Å². The molecule has 0 radical (unpaired) electrons. The molecule has 9 nitrogen and oxygen atoms in total. The molecule has 4 rings (SSSR count). The summed E-state index contributed by atoms with van der Waals surface area (Å²) in [5.74, 6) is 0.319. The lowest BCUT2D eigenvalue weighted by Gasteiger charge is -2.30. The minimum Gasteiger partial charge on any atom is -0.496 e. The number of ether oxygens (including phenoxy) is 1. The Bertz CT molecular complexity index is 1310. The van der Waals surface area contributed by atoms with Crippen LogP contribution in [0.1, 0.15) is 36.8 Å². The van der Waals surface area contributed by atoms with Gasteiger partial charge in [-0.15, -0.1) is 0 Å². The molecule has 0 saturated carbocycles. The molecule has 1 N–H and O–H groups in total. The van der Waals surface area contributed by atoms with E-state index in [0.717, 1.165) is 24.0 Å². The van der Waals surface area contributed by atoms with Gasteiger partial charge in [0.05, 0.1) is 16.9 Å². The Morgan fingerprint density at radius 1 is 0.892 bits per heavy atom. The molecule has 0 bridgehead atoms. The first-order chi connectivity index (χ1) is 17.6. The van der Waals surface area contributed by atoms with Crippen molar-refractivity contribution in [3.8, 4) is 5.75 Å². The van der Waals surface area contributed by atoms with Crippen molar-refractivity contribution in [2.24, 2.45) is 5.92 Å². The maximum absolute atomic E-state index is 13.0. The molecular weight excluding hydrogens is 514 g/mol. The van der Waals surface area contributed by atoms with Crippen molar-refractivity contribution in [2.75, 3.05) is 39.8 Å². The number of amides is 1. The molecule has 37 heavy (non-hydrogen) atoms. The summed E-state index contributed by atoms with van der Waals surface area (Å²) >= 11 is 0. The highest BCUT2D eigenvalue weighted by atomic mass is 32.2. The summed E-state index contributed by atoms with van der Waals surface area (Å²) in [6.45, 7) is 3.96. The van der Waals surface area contributed by atoms with Crippen molar-refractivity contribution >= 4 is 26.0 Å². The predicted molar refractivity (Wildman–Crippen MR) is 140 cm³/mol. The van der Waals surface area contributed by atoms with Gasteiger partial charge in [-0.2, -0.15) is 8.61 Å². The number of benzene rings is 2. The topological polar surface area (TPSA) is 113 Å². The van der Waals surface area contributed by atoms with Crippen LogP contribution in [0, 0.1) is 12.8 Å². The van der Waals surface area contributed by atoms with Crippen LogP contribution in [-0.2, 0) is 31.3 Å². The summed E-state index contributed by atoms with van der Waals surface area (Å²) < 4.78 is 59.6. The molecule has 0 atom stereocenters. The van der Waals surface area contributed by atoms with Gasteiger partial charge in [0, 0.05) is 38.6 Å². The van der Waals surface area contributed by atoms with Crippen LogP contribution in [-0.4, -0.2) is 71.2 Å². The fraction of sp³-hybridized carbons (Fsp3) is 0.500. The Hall–Kier alpha value is -2.47. The molecule has 202 valence electrons. The molecule has 1 amide bonds. The molecule has 0 unspecified atom stereocenters. The molecule has 0 spiro atoms. The number of rotatable bonds is 9. The van der Waals surface area contributed by atoms with E-state index in [1.54, 1.807) is 56.5 Å². The van der Waals surface area contributed by atoms with Crippen LogP contribution >= 0.6 is 0 Å².